The molecule has 70 valence electrons. The predicted molar refractivity (Wildman–Crippen MR) is 59.1 cm³/mol. The fraction of sp³-hybridized carbons (Fsp3) is 0.833. The lowest BCUT2D eigenvalue weighted by atomic mass is 10.3. The standard InChI is InChI=1S/C6H10ClIN2OS/c1-12(10,11)6(8,5-9)3-2-4-7/h10H,2-4H2,1H3. The van der Waals surface area contributed by atoms with E-state index in [1.54, 1.807) is 22.6 Å². The Bertz CT molecular complexity index is 284. The van der Waals surface area contributed by atoms with Crippen LogP contribution in [-0.2, 0) is 9.73 Å². The first-order valence-corrected chi connectivity index (χ1v) is 6.85. The van der Waals surface area contributed by atoms with Crippen LogP contribution in [0, 0.1) is 16.1 Å². The van der Waals surface area contributed by atoms with Gasteiger partial charge in [0.05, 0.1) is 15.8 Å². The molecular weight excluding hydrogens is 311 g/mol. The third-order valence-electron chi connectivity index (χ3n) is 1.42. The monoisotopic (exact) mass is 320 g/mol. The van der Waals surface area contributed by atoms with Gasteiger partial charge in [0.2, 0.25) is 0 Å². The van der Waals surface area contributed by atoms with E-state index in [0.29, 0.717) is 18.7 Å². The molecule has 0 bridgehead atoms. The SMILES string of the molecule is CS(=N)(=O)C(I)(C#N)CCCCl. The number of nitriles is 1. The Hall–Kier alpha value is 0.460. The van der Waals surface area contributed by atoms with E-state index in [9.17, 15) is 4.21 Å². The molecule has 0 saturated carbocycles. The van der Waals surface area contributed by atoms with Crippen molar-refractivity contribution in [2.75, 3.05) is 12.1 Å². The minimum Gasteiger partial charge on any atom is -0.251 e. The van der Waals surface area contributed by atoms with Gasteiger partial charge in [0.1, 0.15) is 0 Å². The molecule has 1 N–H and O–H groups in total. The molecule has 0 heterocycles. The van der Waals surface area contributed by atoms with E-state index < -0.39 is 12.5 Å². The Kier molecular flexibility index (Phi) is 4.81. The Labute approximate surface area is 91.6 Å². The van der Waals surface area contributed by atoms with Crippen molar-refractivity contribution in [3.05, 3.63) is 0 Å². The molecule has 6 heteroatoms. The van der Waals surface area contributed by atoms with E-state index in [1.807, 2.05) is 6.07 Å². The quantitative estimate of drug-likeness (QED) is 0.638. The lowest BCUT2D eigenvalue weighted by molar-refractivity contribution is 0.664. The molecule has 0 rings (SSSR count). The van der Waals surface area contributed by atoms with Gasteiger partial charge in [0, 0.05) is 12.1 Å². The van der Waals surface area contributed by atoms with E-state index in [-0.39, 0.29) is 0 Å². The highest BCUT2D eigenvalue weighted by molar-refractivity contribution is 14.1. The van der Waals surface area contributed by atoms with Gasteiger partial charge in [-0.15, -0.1) is 11.6 Å². The molecule has 0 saturated heterocycles. The molecule has 0 aromatic heterocycles. The summed E-state index contributed by atoms with van der Waals surface area (Å²) in [6, 6.07) is 1.92. The normalized spacial score (nSPS) is 20.5. The summed E-state index contributed by atoms with van der Waals surface area (Å²) in [5, 5.41) is 8.75. The van der Waals surface area contributed by atoms with Gasteiger partial charge in [-0.3, -0.25) is 4.78 Å². The van der Waals surface area contributed by atoms with Gasteiger partial charge in [0.15, 0.2) is 2.75 Å². The molecule has 0 aliphatic rings. The van der Waals surface area contributed by atoms with E-state index >= 15 is 0 Å². The molecule has 3 nitrogen and oxygen atoms in total. The highest BCUT2D eigenvalue weighted by Crippen LogP contribution is 2.30. The molecule has 0 aliphatic carbocycles. The number of hydrogen-bond donors (Lipinski definition) is 1. The molecule has 0 spiro atoms. The fourth-order valence-corrected chi connectivity index (χ4v) is 1.86. The number of rotatable bonds is 4. The summed E-state index contributed by atoms with van der Waals surface area (Å²) in [6.45, 7) is 0. The van der Waals surface area contributed by atoms with E-state index in [2.05, 4.69) is 0 Å². The van der Waals surface area contributed by atoms with Crippen LogP contribution < -0.4 is 0 Å². The lowest BCUT2D eigenvalue weighted by Gasteiger charge is -2.18. The largest absolute Gasteiger partial charge is 0.251 e. The third kappa shape index (κ3) is 3.07. The van der Waals surface area contributed by atoms with Crippen LogP contribution in [0.1, 0.15) is 12.8 Å². The van der Waals surface area contributed by atoms with Crippen molar-refractivity contribution in [1.29, 1.82) is 10.0 Å². The number of hydrogen-bond acceptors (Lipinski definition) is 3. The summed E-state index contributed by atoms with van der Waals surface area (Å²) >= 11 is 7.23. The summed E-state index contributed by atoms with van der Waals surface area (Å²) in [7, 11) is -2.82. The summed E-state index contributed by atoms with van der Waals surface area (Å²) in [4.78, 5) is 0. The fourth-order valence-electron chi connectivity index (χ4n) is 0.632. The molecule has 0 aliphatic heterocycles. The topological polar surface area (TPSA) is 64.7 Å². The first-order valence-electron chi connectivity index (χ1n) is 3.27. The van der Waals surface area contributed by atoms with Gasteiger partial charge in [-0.1, -0.05) is 0 Å². The second kappa shape index (κ2) is 4.63. The number of nitrogens with zero attached hydrogens (tertiary/aromatic N) is 1. The number of alkyl halides is 2. The van der Waals surface area contributed by atoms with Crippen molar-refractivity contribution >= 4 is 43.9 Å². The minimum atomic E-state index is -2.82. The van der Waals surface area contributed by atoms with Crippen LogP contribution in [0.2, 0.25) is 0 Å². The van der Waals surface area contributed by atoms with Gasteiger partial charge in [-0.05, 0) is 35.4 Å². The van der Waals surface area contributed by atoms with Crippen molar-refractivity contribution in [1.82, 2.24) is 0 Å². The van der Waals surface area contributed by atoms with E-state index in [4.69, 9.17) is 21.6 Å². The van der Waals surface area contributed by atoms with Gasteiger partial charge in [-0.2, -0.15) is 5.26 Å². The Balaban J connectivity index is 4.62. The average Bonchev–Trinajstić information content (AvgIpc) is 1.98. The van der Waals surface area contributed by atoms with Gasteiger partial charge >= 0.3 is 0 Å². The molecule has 0 fully saturated rings. The first kappa shape index (κ1) is 12.5. The van der Waals surface area contributed by atoms with Crippen LogP contribution in [0.15, 0.2) is 0 Å². The number of nitrogens with one attached hydrogen (secondary N) is 1. The Morgan fingerprint density at radius 3 is 2.58 bits per heavy atom. The maximum absolute atomic E-state index is 11.3. The van der Waals surface area contributed by atoms with Crippen molar-refractivity contribution in [3.63, 3.8) is 0 Å². The van der Waals surface area contributed by atoms with Gasteiger partial charge in [-0.25, -0.2) is 4.21 Å². The molecule has 12 heavy (non-hydrogen) atoms. The average molecular weight is 321 g/mol. The van der Waals surface area contributed by atoms with Crippen LogP contribution in [-0.4, -0.2) is 19.1 Å². The van der Waals surface area contributed by atoms with E-state index in [0.717, 1.165) is 0 Å². The van der Waals surface area contributed by atoms with Crippen molar-refractivity contribution in [2.45, 2.75) is 15.6 Å². The third-order valence-corrected chi connectivity index (χ3v) is 6.52. The summed E-state index contributed by atoms with van der Waals surface area (Å²) in [5.74, 6) is 0.432. The molecule has 2 atom stereocenters. The highest BCUT2D eigenvalue weighted by Gasteiger charge is 2.34. The van der Waals surface area contributed by atoms with Crippen LogP contribution in [0.3, 0.4) is 0 Å². The molecule has 0 amide bonds. The Morgan fingerprint density at radius 2 is 2.33 bits per heavy atom. The Morgan fingerprint density at radius 1 is 1.83 bits per heavy atom. The second-order valence-electron chi connectivity index (χ2n) is 2.48. The summed E-state index contributed by atoms with van der Waals surface area (Å²) in [6.07, 6.45) is 2.31. The highest BCUT2D eigenvalue weighted by atomic mass is 127. The lowest BCUT2D eigenvalue weighted by Crippen LogP contribution is -2.28. The van der Waals surface area contributed by atoms with Gasteiger partial charge < -0.3 is 0 Å². The predicted octanol–water partition coefficient (Wildman–Crippen LogP) is 2.34. The smallest absolute Gasteiger partial charge is 0.190 e. The molecule has 0 aromatic carbocycles. The van der Waals surface area contributed by atoms with Crippen molar-refractivity contribution in [3.8, 4) is 6.07 Å². The van der Waals surface area contributed by atoms with Crippen molar-refractivity contribution in [2.24, 2.45) is 0 Å². The van der Waals surface area contributed by atoms with Crippen LogP contribution in [0.5, 0.6) is 0 Å². The van der Waals surface area contributed by atoms with Gasteiger partial charge in [0.25, 0.3) is 0 Å². The zero-order valence-corrected chi connectivity index (χ0v) is 10.4. The van der Waals surface area contributed by atoms with Crippen LogP contribution in [0.4, 0.5) is 0 Å². The van der Waals surface area contributed by atoms with Crippen LogP contribution in [0.25, 0.3) is 0 Å². The van der Waals surface area contributed by atoms with Crippen LogP contribution >= 0.6 is 34.2 Å². The first-order chi connectivity index (χ1) is 5.37. The maximum Gasteiger partial charge on any atom is 0.190 e. The second-order valence-corrected chi connectivity index (χ2v) is 7.81. The summed E-state index contributed by atoms with van der Waals surface area (Å²) < 4.78 is 17.6. The minimum absolute atomic E-state index is 0.409. The summed E-state index contributed by atoms with van der Waals surface area (Å²) in [5.41, 5.74) is 0. The van der Waals surface area contributed by atoms with Crippen molar-refractivity contribution < 1.29 is 4.21 Å². The molecule has 0 radical (unpaired) electrons. The maximum atomic E-state index is 11.3. The molecule has 0 aromatic rings. The zero-order chi connectivity index (χ0) is 9.83. The molecular formula is C6H10ClIN2OS. The molecule has 2 unspecified atom stereocenters. The van der Waals surface area contributed by atoms with E-state index in [1.165, 1.54) is 6.26 Å². The zero-order valence-electron chi connectivity index (χ0n) is 6.64. The number of halogens is 2.